The predicted molar refractivity (Wildman–Crippen MR) is 143 cm³/mol. The molecule has 2 unspecified atom stereocenters. The molecule has 0 fully saturated rings. The van der Waals surface area contributed by atoms with Crippen molar-refractivity contribution in [1.82, 2.24) is 0 Å². The number of esters is 3. The van der Waals surface area contributed by atoms with Gasteiger partial charge in [0.2, 0.25) is 0 Å². The summed E-state index contributed by atoms with van der Waals surface area (Å²) >= 11 is 0. The Bertz CT molecular complexity index is 795. The molecular formula is C30H48O6. The molecule has 0 saturated carbocycles. The van der Waals surface area contributed by atoms with E-state index in [2.05, 4.69) is 6.92 Å². The summed E-state index contributed by atoms with van der Waals surface area (Å²) in [6, 6.07) is 7.91. The fraction of sp³-hybridized carbons (Fsp3) is 0.700. The lowest BCUT2D eigenvalue weighted by molar-refractivity contribution is -0.161. The number of hydrogen-bond acceptors (Lipinski definition) is 6. The van der Waals surface area contributed by atoms with Gasteiger partial charge in [-0.3, -0.25) is 14.4 Å². The van der Waals surface area contributed by atoms with Crippen LogP contribution in [0.15, 0.2) is 24.3 Å². The van der Waals surface area contributed by atoms with Crippen LogP contribution in [-0.4, -0.2) is 36.2 Å². The van der Waals surface area contributed by atoms with Gasteiger partial charge in [0, 0.05) is 6.92 Å². The Morgan fingerprint density at radius 3 is 2.11 bits per heavy atom. The van der Waals surface area contributed by atoms with Crippen LogP contribution in [0.1, 0.15) is 110 Å². The van der Waals surface area contributed by atoms with Crippen LogP contribution in [0.5, 0.6) is 0 Å². The maximum Gasteiger partial charge on any atom is 0.310 e. The van der Waals surface area contributed by atoms with Crippen LogP contribution in [0.25, 0.3) is 0 Å². The largest absolute Gasteiger partial charge is 0.466 e. The van der Waals surface area contributed by atoms with Crippen molar-refractivity contribution in [2.45, 2.75) is 124 Å². The zero-order valence-corrected chi connectivity index (χ0v) is 23.4. The van der Waals surface area contributed by atoms with Crippen LogP contribution in [0.3, 0.4) is 0 Å². The normalized spacial score (nSPS) is 13.1. The summed E-state index contributed by atoms with van der Waals surface area (Å²) in [5.41, 5.74) is 1.54. The number of benzene rings is 1. The van der Waals surface area contributed by atoms with E-state index in [9.17, 15) is 14.4 Å². The van der Waals surface area contributed by atoms with Gasteiger partial charge in [0.05, 0.1) is 18.9 Å². The molecule has 0 heterocycles. The topological polar surface area (TPSA) is 78.9 Å². The predicted octanol–water partition coefficient (Wildman–Crippen LogP) is 6.76. The van der Waals surface area contributed by atoms with Crippen molar-refractivity contribution in [2.75, 3.05) is 6.61 Å². The standard InChI is InChI=1S/C30H48O6/c1-7-9-10-20-27(35-23(3)31)21-14-19-25(29(33)36-30(4,5)6)18-13-17-24-15-11-12-16-26(24)22-28(32)34-8-2/h11-12,15-16,25,27H,7-10,13-14,17-22H2,1-6H3. The zero-order chi connectivity index (χ0) is 27.0. The highest BCUT2D eigenvalue weighted by Crippen LogP contribution is 2.24. The Hall–Kier alpha value is -2.37. The molecule has 0 spiro atoms. The SMILES string of the molecule is CCCCCC(CCCC(CCCc1ccccc1CC(=O)OCC)C(=O)OC(C)(C)C)OC(C)=O. The van der Waals surface area contributed by atoms with E-state index in [-0.39, 0.29) is 36.4 Å². The first-order valence-electron chi connectivity index (χ1n) is 13.7. The van der Waals surface area contributed by atoms with Gasteiger partial charge in [-0.2, -0.15) is 0 Å². The van der Waals surface area contributed by atoms with Crippen LogP contribution in [-0.2, 0) is 41.4 Å². The van der Waals surface area contributed by atoms with Gasteiger partial charge < -0.3 is 14.2 Å². The highest BCUT2D eigenvalue weighted by Gasteiger charge is 2.25. The molecule has 6 heteroatoms. The van der Waals surface area contributed by atoms with Crippen molar-refractivity contribution in [2.24, 2.45) is 5.92 Å². The number of ether oxygens (including phenoxy) is 3. The van der Waals surface area contributed by atoms with E-state index in [4.69, 9.17) is 14.2 Å². The maximum atomic E-state index is 13.0. The number of hydrogen-bond donors (Lipinski definition) is 0. The Morgan fingerprint density at radius 1 is 0.861 bits per heavy atom. The minimum Gasteiger partial charge on any atom is -0.466 e. The molecule has 0 N–H and O–H groups in total. The second kappa shape index (κ2) is 17.1. The molecular weight excluding hydrogens is 456 g/mol. The van der Waals surface area contributed by atoms with Gasteiger partial charge in [-0.25, -0.2) is 0 Å². The summed E-state index contributed by atoms with van der Waals surface area (Å²) in [5, 5.41) is 0. The number of carbonyl (C=O) groups is 3. The molecule has 0 saturated heterocycles. The second-order valence-electron chi connectivity index (χ2n) is 10.5. The van der Waals surface area contributed by atoms with Crippen LogP contribution in [0.2, 0.25) is 0 Å². The smallest absolute Gasteiger partial charge is 0.310 e. The van der Waals surface area contributed by atoms with Gasteiger partial charge in [-0.1, -0.05) is 44.0 Å². The molecule has 0 radical (unpaired) electrons. The van der Waals surface area contributed by atoms with Crippen molar-refractivity contribution in [3.8, 4) is 0 Å². The fourth-order valence-electron chi connectivity index (χ4n) is 4.36. The van der Waals surface area contributed by atoms with Crippen LogP contribution >= 0.6 is 0 Å². The third kappa shape index (κ3) is 14.3. The molecule has 6 nitrogen and oxygen atoms in total. The summed E-state index contributed by atoms with van der Waals surface area (Å²) in [6.07, 6.45) is 8.86. The molecule has 2 atom stereocenters. The fourth-order valence-corrected chi connectivity index (χ4v) is 4.36. The highest BCUT2D eigenvalue weighted by molar-refractivity contribution is 5.73. The molecule has 1 aromatic rings. The Balaban J connectivity index is 2.76. The van der Waals surface area contributed by atoms with E-state index >= 15 is 0 Å². The van der Waals surface area contributed by atoms with Gasteiger partial charge in [0.15, 0.2) is 0 Å². The highest BCUT2D eigenvalue weighted by atomic mass is 16.6. The average molecular weight is 505 g/mol. The molecule has 204 valence electrons. The third-order valence-electron chi connectivity index (χ3n) is 6.04. The maximum absolute atomic E-state index is 13.0. The Labute approximate surface area is 218 Å². The summed E-state index contributed by atoms with van der Waals surface area (Å²) in [7, 11) is 0. The van der Waals surface area contributed by atoms with Gasteiger partial charge in [-0.15, -0.1) is 0 Å². The first-order valence-corrected chi connectivity index (χ1v) is 13.7. The van der Waals surface area contributed by atoms with E-state index < -0.39 is 5.60 Å². The van der Waals surface area contributed by atoms with E-state index in [1.165, 1.54) is 6.92 Å². The van der Waals surface area contributed by atoms with Crippen molar-refractivity contribution in [3.63, 3.8) is 0 Å². The zero-order valence-electron chi connectivity index (χ0n) is 23.4. The summed E-state index contributed by atoms with van der Waals surface area (Å²) in [5.74, 6) is -0.855. The number of rotatable bonds is 17. The minimum atomic E-state index is -0.540. The molecule has 0 amide bonds. The lowest BCUT2D eigenvalue weighted by Crippen LogP contribution is -2.29. The average Bonchev–Trinajstić information content (AvgIpc) is 2.77. The first kappa shape index (κ1) is 31.7. The molecule has 0 bridgehead atoms. The monoisotopic (exact) mass is 504 g/mol. The number of aryl methyl sites for hydroxylation is 1. The van der Waals surface area contributed by atoms with Gasteiger partial charge >= 0.3 is 17.9 Å². The first-order chi connectivity index (χ1) is 17.1. The quantitative estimate of drug-likeness (QED) is 0.133. The number of carbonyl (C=O) groups excluding carboxylic acids is 3. The van der Waals surface area contributed by atoms with E-state index in [1.54, 1.807) is 6.92 Å². The third-order valence-corrected chi connectivity index (χ3v) is 6.04. The lowest BCUT2D eigenvalue weighted by Gasteiger charge is -2.25. The summed E-state index contributed by atoms with van der Waals surface area (Å²) in [4.78, 5) is 36.5. The molecule has 0 aliphatic heterocycles. The van der Waals surface area contributed by atoms with Crippen LogP contribution in [0, 0.1) is 5.92 Å². The minimum absolute atomic E-state index is 0.0944. The molecule has 1 rings (SSSR count). The van der Waals surface area contributed by atoms with Gasteiger partial charge in [0.1, 0.15) is 11.7 Å². The van der Waals surface area contributed by atoms with Gasteiger partial charge in [-0.05, 0) is 90.2 Å². The molecule has 36 heavy (non-hydrogen) atoms. The Morgan fingerprint density at radius 2 is 1.50 bits per heavy atom. The van der Waals surface area contributed by atoms with Crippen molar-refractivity contribution in [1.29, 1.82) is 0 Å². The molecule has 0 aliphatic rings. The number of unbranched alkanes of at least 4 members (excludes halogenated alkanes) is 2. The lowest BCUT2D eigenvalue weighted by atomic mass is 9.92. The van der Waals surface area contributed by atoms with Crippen LogP contribution in [0.4, 0.5) is 0 Å². The molecule has 1 aromatic carbocycles. The van der Waals surface area contributed by atoms with Crippen molar-refractivity contribution < 1.29 is 28.6 Å². The van der Waals surface area contributed by atoms with E-state index in [0.29, 0.717) is 19.4 Å². The van der Waals surface area contributed by atoms with Gasteiger partial charge in [0.25, 0.3) is 0 Å². The summed E-state index contributed by atoms with van der Waals surface area (Å²) < 4.78 is 16.4. The van der Waals surface area contributed by atoms with E-state index in [1.807, 2.05) is 45.0 Å². The second-order valence-corrected chi connectivity index (χ2v) is 10.5. The van der Waals surface area contributed by atoms with Crippen molar-refractivity contribution >= 4 is 17.9 Å². The summed E-state index contributed by atoms with van der Waals surface area (Å²) in [6.45, 7) is 11.4. The molecule has 0 aromatic heterocycles. The Kier molecular flexibility index (Phi) is 15.1. The molecule has 0 aliphatic carbocycles. The van der Waals surface area contributed by atoms with Crippen LogP contribution < -0.4 is 0 Å². The van der Waals surface area contributed by atoms with E-state index in [0.717, 1.165) is 62.5 Å². The van der Waals surface area contributed by atoms with Crippen molar-refractivity contribution in [3.05, 3.63) is 35.4 Å².